The Morgan fingerprint density at radius 2 is 1.86 bits per heavy atom. The quantitative estimate of drug-likeness (QED) is 0.593. The fraction of sp³-hybridized carbons (Fsp3) is 0.100. The summed E-state index contributed by atoms with van der Waals surface area (Å²) in [5, 5.41) is 5.58. The second-order valence-corrected chi connectivity index (χ2v) is 8.23. The maximum absolute atomic E-state index is 13.1. The molecule has 0 aliphatic heterocycles. The van der Waals surface area contributed by atoms with Crippen molar-refractivity contribution in [2.24, 2.45) is 0 Å². The van der Waals surface area contributed by atoms with Crippen LogP contribution >= 0.6 is 11.6 Å². The summed E-state index contributed by atoms with van der Waals surface area (Å²) >= 11 is 6.21. The number of rotatable bonds is 7. The molecule has 0 spiro atoms. The van der Waals surface area contributed by atoms with Crippen LogP contribution in [0.15, 0.2) is 76.8 Å². The highest BCUT2D eigenvalue weighted by Gasteiger charge is 2.25. The summed E-state index contributed by atoms with van der Waals surface area (Å²) in [4.78, 5) is 16.1. The van der Waals surface area contributed by atoms with Crippen LogP contribution in [0.25, 0.3) is 0 Å². The minimum Gasteiger partial charge on any atom is -0.497 e. The molecule has 0 saturated heterocycles. The summed E-state index contributed by atoms with van der Waals surface area (Å²) in [5.41, 5.74) is 0.770. The number of halogens is 1. The largest absolute Gasteiger partial charge is 0.497 e. The third-order valence-corrected chi connectivity index (χ3v) is 6.29. The fourth-order valence-corrected chi connectivity index (χ4v) is 4.58. The van der Waals surface area contributed by atoms with Gasteiger partial charge in [-0.15, -0.1) is 0 Å². The number of nitrogens with zero attached hydrogens (tertiary/aromatic N) is 1. The van der Waals surface area contributed by atoms with Gasteiger partial charge in [-0.05, 0) is 48.5 Å². The molecule has 1 heterocycles. The predicted octanol–water partition coefficient (Wildman–Crippen LogP) is 3.63. The monoisotopic (exact) mass is 431 g/mol. The van der Waals surface area contributed by atoms with Crippen LogP contribution in [-0.2, 0) is 14.6 Å². The Bertz CT molecular complexity index is 1100. The van der Waals surface area contributed by atoms with E-state index < -0.39 is 9.84 Å². The molecule has 0 aliphatic rings. The van der Waals surface area contributed by atoms with Crippen molar-refractivity contribution in [1.82, 2.24) is 4.98 Å². The second-order valence-electron chi connectivity index (χ2n) is 5.94. The summed E-state index contributed by atoms with van der Waals surface area (Å²) in [6.45, 7) is -0.152. The minimum atomic E-state index is -3.92. The van der Waals surface area contributed by atoms with Gasteiger partial charge in [0.25, 0.3) is 0 Å². The van der Waals surface area contributed by atoms with Gasteiger partial charge in [0.2, 0.25) is 15.7 Å². The lowest BCUT2D eigenvalue weighted by atomic mass is 10.3. The Morgan fingerprint density at radius 3 is 2.52 bits per heavy atom. The van der Waals surface area contributed by atoms with Gasteiger partial charge in [-0.25, -0.2) is 8.42 Å². The SMILES string of the molecule is COc1ccc(S(=O)(=O)c2c(Cl)cccc2NCC(=O)Nc2cccnc2)cc1. The van der Waals surface area contributed by atoms with E-state index in [2.05, 4.69) is 15.6 Å². The lowest BCUT2D eigenvalue weighted by Crippen LogP contribution is -2.22. The maximum atomic E-state index is 13.1. The molecule has 1 amide bonds. The summed E-state index contributed by atoms with van der Waals surface area (Å²) in [6.07, 6.45) is 3.10. The number of benzene rings is 2. The van der Waals surface area contributed by atoms with Crippen LogP contribution in [0.3, 0.4) is 0 Å². The van der Waals surface area contributed by atoms with Crippen LogP contribution in [0.2, 0.25) is 5.02 Å². The Hall–Kier alpha value is -3.10. The van der Waals surface area contributed by atoms with Crippen LogP contribution in [0.4, 0.5) is 11.4 Å². The molecule has 7 nitrogen and oxygen atoms in total. The molecule has 150 valence electrons. The normalized spacial score (nSPS) is 11.0. The van der Waals surface area contributed by atoms with Crippen molar-refractivity contribution < 1.29 is 17.9 Å². The molecule has 9 heteroatoms. The third kappa shape index (κ3) is 4.85. The molecule has 3 rings (SSSR count). The van der Waals surface area contributed by atoms with Crippen LogP contribution in [0.5, 0.6) is 5.75 Å². The van der Waals surface area contributed by atoms with Crippen molar-refractivity contribution in [3.8, 4) is 5.75 Å². The molecule has 29 heavy (non-hydrogen) atoms. The van der Waals surface area contributed by atoms with Crippen LogP contribution < -0.4 is 15.4 Å². The molecule has 2 aromatic carbocycles. The van der Waals surface area contributed by atoms with Gasteiger partial charge in [0.15, 0.2) is 0 Å². The van der Waals surface area contributed by atoms with E-state index in [-0.39, 0.29) is 33.0 Å². The highest BCUT2D eigenvalue weighted by atomic mass is 35.5. The Kier molecular flexibility index (Phi) is 6.36. The van der Waals surface area contributed by atoms with Crippen molar-refractivity contribution >= 4 is 38.7 Å². The molecule has 0 fully saturated rings. The number of carbonyl (C=O) groups excluding carboxylic acids is 1. The first-order chi connectivity index (χ1) is 13.9. The number of nitrogens with one attached hydrogen (secondary N) is 2. The van der Waals surface area contributed by atoms with Crippen molar-refractivity contribution in [1.29, 1.82) is 0 Å². The van der Waals surface area contributed by atoms with Gasteiger partial charge in [-0.3, -0.25) is 9.78 Å². The summed E-state index contributed by atoms with van der Waals surface area (Å²) < 4.78 is 31.3. The zero-order valence-electron chi connectivity index (χ0n) is 15.4. The van der Waals surface area contributed by atoms with Gasteiger partial charge in [0.1, 0.15) is 10.6 Å². The Morgan fingerprint density at radius 1 is 1.10 bits per heavy atom. The van der Waals surface area contributed by atoms with Crippen molar-refractivity contribution in [3.05, 3.63) is 72.0 Å². The maximum Gasteiger partial charge on any atom is 0.243 e. The van der Waals surface area contributed by atoms with Gasteiger partial charge in [0, 0.05) is 6.20 Å². The van der Waals surface area contributed by atoms with Gasteiger partial charge in [-0.2, -0.15) is 0 Å². The summed E-state index contributed by atoms with van der Waals surface area (Å²) in [6, 6.07) is 14.0. The van der Waals surface area contributed by atoms with Gasteiger partial charge >= 0.3 is 0 Å². The van der Waals surface area contributed by atoms with E-state index in [0.717, 1.165) is 0 Å². The lowest BCUT2D eigenvalue weighted by molar-refractivity contribution is -0.114. The molecule has 0 saturated carbocycles. The third-order valence-electron chi connectivity index (χ3n) is 3.99. The molecule has 0 unspecified atom stereocenters. The zero-order chi connectivity index (χ0) is 20.9. The number of ether oxygens (including phenoxy) is 1. The second kappa shape index (κ2) is 8.93. The lowest BCUT2D eigenvalue weighted by Gasteiger charge is -2.14. The molecular formula is C20H18ClN3O4S. The van der Waals surface area contributed by atoms with E-state index in [1.165, 1.54) is 31.5 Å². The molecule has 0 aliphatic carbocycles. The number of carbonyl (C=O) groups is 1. The van der Waals surface area contributed by atoms with Crippen LogP contribution in [-0.4, -0.2) is 33.0 Å². The number of anilines is 2. The topological polar surface area (TPSA) is 97.4 Å². The molecule has 0 atom stereocenters. The number of aromatic nitrogens is 1. The van der Waals surface area contributed by atoms with Crippen molar-refractivity contribution in [3.63, 3.8) is 0 Å². The molecule has 0 radical (unpaired) electrons. The van der Waals surface area contributed by atoms with E-state index in [9.17, 15) is 13.2 Å². The standard InChI is InChI=1S/C20H18ClN3O4S/c1-28-15-7-9-16(10-8-15)29(26,27)20-17(21)5-2-6-18(20)23-13-19(25)24-14-4-3-11-22-12-14/h2-12,23H,13H2,1H3,(H,24,25). The predicted molar refractivity (Wildman–Crippen MR) is 111 cm³/mol. The van der Waals surface area contributed by atoms with Crippen LogP contribution in [0.1, 0.15) is 0 Å². The number of pyridine rings is 1. The van der Waals surface area contributed by atoms with Gasteiger partial charge in [0.05, 0.1) is 41.1 Å². The minimum absolute atomic E-state index is 0.0542. The number of hydrogen-bond acceptors (Lipinski definition) is 6. The molecule has 1 aromatic heterocycles. The van der Waals surface area contributed by atoms with Crippen LogP contribution in [0, 0.1) is 0 Å². The average Bonchev–Trinajstić information content (AvgIpc) is 2.73. The first-order valence-electron chi connectivity index (χ1n) is 8.53. The summed E-state index contributed by atoms with van der Waals surface area (Å²) in [7, 11) is -2.43. The van der Waals surface area contributed by atoms with Gasteiger partial charge < -0.3 is 15.4 Å². The highest BCUT2D eigenvalue weighted by Crippen LogP contribution is 2.34. The molecule has 0 bridgehead atoms. The highest BCUT2D eigenvalue weighted by molar-refractivity contribution is 7.91. The Balaban J connectivity index is 1.84. The van der Waals surface area contributed by atoms with E-state index in [0.29, 0.717) is 11.4 Å². The van der Waals surface area contributed by atoms with E-state index >= 15 is 0 Å². The van der Waals surface area contributed by atoms with E-state index in [1.807, 2.05) is 0 Å². The first kappa shape index (κ1) is 20.6. The number of sulfone groups is 1. The number of methoxy groups -OCH3 is 1. The molecule has 3 aromatic rings. The molecular weight excluding hydrogens is 414 g/mol. The fourth-order valence-electron chi connectivity index (χ4n) is 2.61. The smallest absolute Gasteiger partial charge is 0.243 e. The van der Waals surface area contributed by atoms with Crippen molar-refractivity contribution in [2.45, 2.75) is 9.79 Å². The van der Waals surface area contributed by atoms with Gasteiger partial charge in [-0.1, -0.05) is 17.7 Å². The first-order valence-corrected chi connectivity index (χ1v) is 10.4. The number of amides is 1. The zero-order valence-corrected chi connectivity index (χ0v) is 17.0. The summed E-state index contributed by atoms with van der Waals surface area (Å²) in [5.74, 6) is 0.180. The van der Waals surface area contributed by atoms with Crippen molar-refractivity contribution in [2.75, 3.05) is 24.3 Å². The average molecular weight is 432 g/mol. The van der Waals surface area contributed by atoms with E-state index in [4.69, 9.17) is 16.3 Å². The Labute approximate surface area is 173 Å². The number of hydrogen-bond donors (Lipinski definition) is 2. The molecule has 2 N–H and O–H groups in total. The van der Waals surface area contributed by atoms with E-state index in [1.54, 1.807) is 42.6 Å².